The molecule has 0 fully saturated rings. The minimum atomic E-state index is 0.796. The highest BCUT2D eigenvalue weighted by atomic mass is 32.1. The van der Waals surface area contributed by atoms with Gasteiger partial charge in [-0.05, 0) is 43.3 Å². The number of hydrogen-bond donors (Lipinski definition) is 2. The summed E-state index contributed by atoms with van der Waals surface area (Å²) in [5.41, 5.74) is 4.86. The Morgan fingerprint density at radius 1 is 1.08 bits per heavy atom. The van der Waals surface area contributed by atoms with E-state index >= 15 is 0 Å². The first-order valence-corrected chi connectivity index (χ1v) is 9.32. The lowest BCUT2D eigenvalue weighted by Gasteiger charge is -2.27. The predicted molar refractivity (Wildman–Crippen MR) is 111 cm³/mol. The van der Waals surface area contributed by atoms with E-state index in [-0.39, 0.29) is 0 Å². The van der Waals surface area contributed by atoms with E-state index in [0.29, 0.717) is 0 Å². The molecule has 2 rings (SSSR count). The molecule has 0 bridgehead atoms. The summed E-state index contributed by atoms with van der Waals surface area (Å²) in [5.74, 6) is 0. The van der Waals surface area contributed by atoms with E-state index in [2.05, 4.69) is 86.7 Å². The van der Waals surface area contributed by atoms with Crippen molar-refractivity contribution in [2.24, 2.45) is 0 Å². The fraction of sp³-hybridized carbons (Fsp3) is 0.381. The Kier molecular flexibility index (Phi) is 7.41. The summed E-state index contributed by atoms with van der Waals surface area (Å²) in [7, 11) is 4.38. The molecule has 2 N–H and O–H groups in total. The molecule has 25 heavy (non-hydrogen) atoms. The maximum absolute atomic E-state index is 5.74. The van der Waals surface area contributed by atoms with E-state index in [0.717, 1.165) is 36.9 Å². The quantitative estimate of drug-likeness (QED) is 0.744. The van der Waals surface area contributed by atoms with E-state index in [1.54, 1.807) is 0 Å². The molecule has 134 valence electrons. The third-order valence-electron chi connectivity index (χ3n) is 4.23. The molecule has 4 heteroatoms. The highest BCUT2D eigenvalue weighted by Crippen LogP contribution is 2.17. The molecule has 0 atom stereocenters. The van der Waals surface area contributed by atoms with Gasteiger partial charge in [0.2, 0.25) is 0 Å². The summed E-state index contributed by atoms with van der Waals surface area (Å²) in [6.07, 6.45) is 1.11. The van der Waals surface area contributed by atoms with Gasteiger partial charge in [-0.2, -0.15) is 0 Å². The van der Waals surface area contributed by atoms with E-state index in [9.17, 15) is 0 Å². The van der Waals surface area contributed by atoms with Gasteiger partial charge < -0.3 is 15.1 Å². The van der Waals surface area contributed by atoms with Crippen molar-refractivity contribution in [2.75, 3.05) is 32.5 Å². The SMILES string of the molecule is Cc1ccc(NC(=S)N(CCC[NH+](C)C)Cc2ccccc2)c(C)c1. The second-order valence-corrected chi connectivity index (χ2v) is 7.35. The molecular formula is C21H30N3S+. The maximum Gasteiger partial charge on any atom is 0.173 e. The molecule has 0 radical (unpaired) electrons. The van der Waals surface area contributed by atoms with Crippen LogP contribution in [-0.2, 0) is 6.54 Å². The summed E-state index contributed by atoms with van der Waals surface area (Å²) >= 11 is 5.74. The summed E-state index contributed by atoms with van der Waals surface area (Å²) in [6, 6.07) is 16.9. The number of thiocarbonyl (C=S) groups is 1. The minimum absolute atomic E-state index is 0.796. The standard InChI is InChI=1S/C21H29N3S/c1-17-11-12-20(18(2)15-17)22-21(25)24(14-8-13-23(3)4)16-19-9-6-5-7-10-19/h5-7,9-12,15H,8,13-14,16H2,1-4H3,(H,22,25)/p+1. The molecule has 0 heterocycles. The highest BCUT2D eigenvalue weighted by Gasteiger charge is 2.12. The van der Waals surface area contributed by atoms with Crippen molar-refractivity contribution in [2.45, 2.75) is 26.8 Å². The summed E-state index contributed by atoms with van der Waals surface area (Å²) in [5, 5.41) is 4.24. The molecule has 2 aromatic rings. The summed E-state index contributed by atoms with van der Waals surface area (Å²) in [6.45, 7) is 7.16. The van der Waals surface area contributed by atoms with Crippen molar-refractivity contribution in [3.8, 4) is 0 Å². The van der Waals surface area contributed by atoms with Gasteiger partial charge in [0, 0.05) is 25.2 Å². The summed E-state index contributed by atoms with van der Waals surface area (Å²) in [4.78, 5) is 3.74. The number of benzene rings is 2. The molecular weight excluding hydrogens is 326 g/mol. The maximum atomic E-state index is 5.74. The molecule has 0 unspecified atom stereocenters. The Hall–Kier alpha value is -1.91. The zero-order valence-electron chi connectivity index (χ0n) is 15.8. The van der Waals surface area contributed by atoms with Gasteiger partial charge in [-0.25, -0.2) is 0 Å². The molecule has 0 spiro atoms. The van der Waals surface area contributed by atoms with Crippen LogP contribution in [0.4, 0.5) is 5.69 Å². The average Bonchev–Trinajstić information content (AvgIpc) is 2.57. The second kappa shape index (κ2) is 9.54. The molecule has 0 aliphatic carbocycles. The van der Waals surface area contributed by atoms with Crippen LogP contribution in [-0.4, -0.2) is 37.2 Å². The lowest BCUT2D eigenvalue weighted by atomic mass is 10.1. The molecule has 0 aliphatic heterocycles. The molecule has 0 aliphatic rings. The first-order chi connectivity index (χ1) is 12.0. The average molecular weight is 357 g/mol. The zero-order chi connectivity index (χ0) is 18.2. The number of nitrogens with one attached hydrogen (secondary N) is 2. The number of anilines is 1. The first-order valence-electron chi connectivity index (χ1n) is 8.92. The fourth-order valence-electron chi connectivity index (χ4n) is 2.83. The number of nitrogens with zero attached hydrogens (tertiary/aromatic N) is 1. The van der Waals surface area contributed by atoms with E-state index in [1.165, 1.54) is 21.6 Å². The Bertz CT molecular complexity index is 683. The molecule has 0 saturated carbocycles. The highest BCUT2D eigenvalue weighted by molar-refractivity contribution is 7.80. The van der Waals surface area contributed by atoms with Crippen LogP contribution in [0.2, 0.25) is 0 Å². The van der Waals surface area contributed by atoms with Gasteiger partial charge in [0.1, 0.15) is 0 Å². The van der Waals surface area contributed by atoms with Gasteiger partial charge in [-0.15, -0.1) is 0 Å². The third-order valence-corrected chi connectivity index (χ3v) is 4.59. The molecule has 0 amide bonds. The lowest BCUT2D eigenvalue weighted by Crippen LogP contribution is -3.05. The molecule has 3 nitrogen and oxygen atoms in total. The molecule has 2 aromatic carbocycles. The Labute approximate surface area is 157 Å². The number of quaternary nitrogens is 1. The van der Waals surface area contributed by atoms with Gasteiger partial charge in [0.05, 0.1) is 20.6 Å². The van der Waals surface area contributed by atoms with Crippen molar-refractivity contribution >= 4 is 23.0 Å². The van der Waals surface area contributed by atoms with Crippen molar-refractivity contribution in [1.29, 1.82) is 0 Å². The van der Waals surface area contributed by atoms with Crippen LogP contribution in [0.15, 0.2) is 48.5 Å². The monoisotopic (exact) mass is 356 g/mol. The largest absolute Gasteiger partial charge is 0.344 e. The van der Waals surface area contributed by atoms with Gasteiger partial charge in [0.15, 0.2) is 5.11 Å². The first kappa shape index (κ1) is 19.4. The van der Waals surface area contributed by atoms with Crippen LogP contribution in [0.3, 0.4) is 0 Å². The number of aryl methyl sites for hydroxylation is 2. The Morgan fingerprint density at radius 2 is 1.80 bits per heavy atom. The van der Waals surface area contributed by atoms with Gasteiger partial charge in [-0.3, -0.25) is 0 Å². The van der Waals surface area contributed by atoms with Crippen molar-refractivity contribution in [1.82, 2.24) is 4.90 Å². The van der Waals surface area contributed by atoms with E-state index in [1.807, 2.05) is 0 Å². The Balaban J connectivity index is 2.07. The van der Waals surface area contributed by atoms with Crippen LogP contribution in [0, 0.1) is 13.8 Å². The van der Waals surface area contributed by atoms with Crippen LogP contribution in [0.1, 0.15) is 23.1 Å². The van der Waals surface area contributed by atoms with Crippen molar-refractivity contribution < 1.29 is 4.90 Å². The van der Waals surface area contributed by atoms with Gasteiger partial charge >= 0.3 is 0 Å². The van der Waals surface area contributed by atoms with Gasteiger partial charge in [0.25, 0.3) is 0 Å². The fourth-order valence-corrected chi connectivity index (χ4v) is 3.09. The number of hydrogen-bond acceptors (Lipinski definition) is 1. The van der Waals surface area contributed by atoms with Crippen molar-refractivity contribution in [3.05, 3.63) is 65.2 Å². The van der Waals surface area contributed by atoms with E-state index < -0.39 is 0 Å². The Morgan fingerprint density at radius 3 is 2.44 bits per heavy atom. The smallest absolute Gasteiger partial charge is 0.173 e. The van der Waals surface area contributed by atoms with Crippen LogP contribution in [0.5, 0.6) is 0 Å². The van der Waals surface area contributed by atoms with Crippen LogP contribution >= 0.6 is 12.2 Å². The third kappa shape index (κ3) is 6.48. The lowest BCUT2D eigenvalue weighted by molar-refractivity contribution is -0.858. The minimum Gasteiger partial charge on any atom is -0.344 e. The zero-order valence-corrected chi connectivity index (χ0v) is 16.6. The number of rotatable bonds is 7. The van der Waals surface area contributed by atoms with Crippen molar-refractivity contribution in [3.63, 3.8) is 0 Å². The second-order valence-electron chi connectivity index (χ2n) is 6.97. The van der Waals surface area contributed by atoms with Gasteiger partial charge in [-0.1, -0.05) is 48.0 Å². The molecule has 0 saturated heterocycles. The topological polar surface area (TPSA) is 19.7 Å². The summed E-state index contributed by atoms with van der Waals surface area (Å²) < 4.78 is 0. The van der Waals surface area contributed by atoms with E-state index in [4.69, 9.17) is 12.2 Å². The van der Waals surface area contributed by atoms with Crippen LogP contribution in [0.25, 0.3) is 0 Å². The van der Waals surface area contributed by atoms with Crippen LogP contribution < -0.4 is 10.2 Å². The predicted octanol–water partition coefficient (Wildman–Crippen LogP) is 3.04. The normalized spacial score (nSPS) is 10.8. The molecule has 0 aromatic heterocycles.